The monoisotopic (exact) mass is 276 g/mol. The quantitative estimate of drug-likeness (QED) is 0.762. The smallest absolute Gasteiger partial charge is 0.343 e. The van der Waals surface area contributed by atoms with Gasteiger partial charge in [-0.25, -0.2) is 0 Å². The highest BCUT2D eigenvalue weighted by molar-refractivity contribution is 5.80. The Morgan fingerprint density at radius 2 is 1.74 bits per heavy atom. The van der Waals surface area contributed by atoms with E-state index >= 15 is 0 Å². The van der Waals surface area contributed by atoms with Crippen molar-refractivity contribution in [1.82, 2.24) is 9.80 Å². The molecule has 19 heavy (non-hydrogen) atoms. The van der Waals surface area contributed by atoms with Crippen molar-refractivity contribution in [2.75, 3.05) is 26.2 Å². The van der Waals surface area contributed by atoms with E-state index in [2.05, 4.69) is 4.74 Å². The maximum absolute atomic E-state index is 12.1. The number of rotatable bonds is 3. The van der Waals surface area contributed by atoms with E-state index in [1.807, 2.05) is 0 Å². The Labute approximate surface area is 110 Å². The number of carbonyl (C=O) groups excluding carboxylic acids is 2. The molecule has 0 aliphatic carbocycles. The van der Waals surface area contributed by atoms with Gasteiger partial charge in [-0.15, -0.1) is 0 Å². The number of alkyl halides is 2. The van der Waals surface area contributed by atoms with E-state index in [1.54, 1.807) is 9.80 Å². The summed E-state index contributed by atoms with van der Waals surface area (Å²) in [5, 5.41) is 0. The SMILES string of the molecule is CC(=O)N1CCC(C(=O)N2CC(OC(F)F)C2)CC1. The van der Waals surface area contributed by atoms with Gasteiger partial charge < -0.3 is 14.5 Å². The molecule has 0 unspecified atom stereocenters. The predicted molar refractivity (Wildman–Crippen MR) is 62.4 cm³/mol. The minimum Gasteiger partial charge on any atom is -0.343 e. The van der Waals surface area contributed by atoms with E-state index in [9.17, 15) is 18.4 Å². The van der Waals surface area contributed by atoms with Crippen molar-refractivity contribution in [3.8, 4) is 0 Å². The standard InChI is InChI=1S/C12H18F2N2O3/c1-8(17)15-4-2-9(3-5-15)11(18)16-6-10(7-16)19-12(13)14/h9-10,12H,2-7H2,1H3. The van der Waals surface area contributed by atoms with Crippen LogP contribution in [0.3, 0.4) is 0 Å². The van der Waals surface area contributed by atoms with Gasteiger partial charge in [0.25, 0.3) is 0 Å². The van der Waals surface area contributed by atoms with Crippen LogP contribution in [-0.4, -0.2) is 60.5 Å². The predicted octanol–water partition coefficient (Wildman–Crippen LogP) is 0.695. The fourth-order valence-corrected chi connectivity index (χ4v) is 2.55. The fourth-order valence-electron chi connectivity index (χ4n) is 2.55. The van der Waals surface area contributed by atoms with Crippen LogP contribution in [0.2, 0.25) is 0 Å². The summed E-state index contributed by atoms with van der Waals surface area (Å²) >= 11 is 0. The molecule has 2 heterocycles. The normalized spacial score (nSPS) is 21.7. The molecule has 2 fully saturated rings. The zero-order chi connectivity index (χ0) is 14.0. The molecular formula is C12H18F2N2O3. The zero-order valence-corrected chi connectivity index (χ0v) is 10.8. The largest absolute Gasteiger partial charge is 0.345 e. The second kappa shape index (κ2) is 5.81. The molecule has 0 radical (unpaired) electrons. The van der Waals surface area contributed by atoms with Crippen LogP contribution in [0.1, 0.15) is 19.8 Å². The van der Waals surface area contributed by atoms with Gasteiger partial charge in [0.1, 0.15) is 0 Å². The van der Waals surface area contributed by atoms with Crippen LogP contribution in [0.25, 0.3) is 0 Å². The second-order valence-electron chi connectivity index (χ2n) is 5.04. The van der Waals surface area contributed by atoms with Crippen LogP contribution in [0, 0.1) is 5.92 Å². The molecule has 0 aromatic heterocycles. The Bertz CT molecular complexity index is 351. The van der Waals surface area contributed by atoms with E-state index in [4.69, 9.17) is 0 Å². The number of carbonyl (C=O) groups is 2. The number of amides is 2. The lowest BCUT2D eigenvalue weighted by Gasteiger charge is -2.41. The van der Waals surface area contributed by atoms with E-state index in [0.29, 0.717) is 25.9 Å². The van der Waals surface area contributed by atoms with Crippen molar-refractivity contribution in [3.63, 3.8) is 0 Å². The first-order valence-electron chi connectivity index (χ1n) is 6.45. The lowest BCUT2D eigenvalue weighted by molar-refractivity contribution is -0.200. The first kappa shape index (κ1) is 14.2. The van der Waals surface area contributed by atoms with Crippen LogP contribution < -0.4 is 0 Å². The van der Waals surface area contributed by atoms with Gasteiger partial charge in [-0.1, -0.05) is 0 Å². The number of likely N-dealkylation sites (tertiary alicyclic amines) is 2. The van der Waals surface area contributed by atoms with E-state index < -0.39 is 12.7 Å². The molecule has 2 aliphatic rings. The van der Waals surface area contributed by atoms with Crippen molar-refractivity contribution in [1.29, 1.82) is 0 Å². The third-order valence-corrected chi connectivity index (χ3v) is 3.74. The average Bonchev–Trinajstić information content (AvgIpc) is 2.32. The molecule has 0 bridgehead atoms. The van der Waals surface area contributed by atoms with E-state index in [0.717, 1.165) is 0 Å². The molecule has 2 amide bonds. The molecule has 0 aromatic carbocycles. The molecule has 0 spiro atoms. The molecule has 108 valence electrons. The third-order valence-electron chi connectivity index (χ3n) is 3.74. The Balaban J connectivity index is 1.73. The first-order valence-corrected chi connectivity index (χ1v) is 6.45. The van der Waals surface area contributed by atoms with Crippen LogP contribution >= 0.6 is 0 Å². The number of halogens is 2. The van der Waals surface area contributed by atoms with Crippen molar-refractivity contribution in [2.24, 2.45) is 5.92 Å². The van der Waals surface area contributed by atoms with Gasteiger partial charge in [0.05, 0.1) is 6.10 Å². The Hall–Kier alpha value is -1.24. The Morgan fingerprint density at radius 3 is 2.21 bits per heavy atom. The molecule has 2 rings (SSSR count). The lowest BCUT2D eigenvalue weighted by atomic mass is 9.93. The van der Waals surface area contributed by atoms with Crippen LogP contribution in [-0.2, 0) is 14.3 Å². The van der Waals surface area contributed by atoms with Gasteiger partial charge in [-0.2, -0.15) is 8.78 Å². The molecule has 2 saturated heterocycles. The summed E-state index contributed by atoms with van der Waals surface area (Å²) in [5.74, 6) is -0.0688. The topological polar surface area (TPSA) is 49.9 Å². The first-order chi connectivity index (χ1) is 8.97. The second-order valence-corrected chi connectivity index (χ2v) is 5.04. The van der Waals surface area contributed by atoms with Gasteiger partial charge in [-0.3, -0.25) is 9.59 Å². The van der Waals surface area contributed by atoms with Crippen LogP contribution in [0.4, 0.5) is 8.78 Å². The molecule has 5 nitrogen and oxygen atoms in total. The minimum absolute atomic E-state index is 0.00248. The van der Waals surface area contributed by atoms with Crippen LogP contribution in [0.5, 0.6) is 0 Å². The van der Waals surface area contributed by atoms with Gasteiger partial charge >= 0.3 is 6.61 Å². The molecule has 2 aliphatic heterocycles. The maximum Gasteiger partial charge on any atom is 0.345 e. The number of hydrogen-bond donors (Lipinski definition) is 0. The van der Waals surface area contributed by atoms with Crippen molar-refractivity contribution >= 4 is 11.8 Å². The highest BCUT2D eigenvalue weighted by Crippen LogP contribution is 2.24. The molecule has 0 atom stereocenters. The number of nitrogens with zero attached hydrogens (tertiary/aromatic N) is 2. The summed E-state index contributed by atoms with van der Waals surface area (Å²) in [7, 11) is 0. The number of hydrogen-bond acceptors (Lipinski definition) is 3. The Morgan fingerprint density at radius 1 is 1.16 bits per heavy atom. The van der Waals surface area contributed by atoms with Crippen molar-refractivity contribution < 1.29 is 23.1 Å². The fraction of sp³-hybridized carbons (Fsp3) is 0.833. The van der Waals surface area contributed by atoms with Gasteiger partial charge in [0.15, 0.2) is 0 Å². The summed E-state index contributed by atoms with van der Waals surface area (Å²) in [5.41, 5.74) is 0. The lowest BCUT2D eigenvalue weighted by Crippen LogP contribution is -2.57. The summed E-state index contributed by atoms with van der Waals surface area (Å²) in [6.45, 7) is 0.421. The highest BCUT2D eigenvalue weighted by atomic mass is 19.3. The number of piperidine rings is 1. The van der Waals surface area contributed by atoms with Crippen molar-refractivity contribution in [2.45, 2.75) is 32.5 Å². The Kier molecular flexibility index (Phi) is 4.34. The summed E-state index contributed by atoms with van der Waals surface area (Å²) in [4.78, 5) is 26.5. The molecule has 0 saturated carbocycles. The minimum atomic E-state index is -2.78. The summed E-state index contributed by atoms with van der Waals surface area (Å²) in [6, 6.07) is 0. The molecule has 0 N–H and O–H groups in total. The molecular weight excluding hydrogens is 258 g/mol. The summed E-state index contributed by atoms with van der Waals surface area (Å²) in [6.07, 6.45) is 0.756. The van der Waals surface area contributed by atoms with Gasteiger partial charge in [-0.05, 0) is 12.8 Å². The van der Waals surface area contributed by atoms with Gasteiger partial charge in [0.2, 0.25) is 11.8 Å². The molecule has 0 aromatic rings. The average molecular weight is 276 g/mol. The number of ether oxygens (including phenoxy) is 1. The van der Waals surface area contributed by atoms with E-state index in [-0.39, 0.29) is 30.8 Å². The highest BCUT2D eigenvalue weighted by Gasteiger charge is 2.37. The summed E-state index contributed by atoms with van der Waals surface area (Å²) < 4.78 is 28.2. The molecule has 7 heteroatoms. The maximum atomic E-state index is 12.1. The van der Waals surface area contributed by atoms with Crippen molar-refractivity contribution in [3.05, 3.63) is 0 Å². The zero-order valence-electron chi connectivity index (χ0n) is 10.8. The third kappa shape index (κ3) is 3.40. The van der Waals surface area contributed by atoms with E-state index in [1.165, 1.54) is 6.92 Å². The van der Waals surface area contributed by atoms with Crippen LogP contribution in [0.15, 0.2) is 0 Å². The van der Waals surface area contributed by atoms with Gasteiger partial charge in [0, 0.05) is 39.0 Å².